The van der Waals surface area contributed by atoms with Crippen LogP contribution in [0.3, 0.4) is 0 Å². The molecule has 0 saturated heterocycles. The summed E-state index contributed by atoms with van der Waals surface area (Å²) in [4.78, 5) is 6.88. The highest BCUT2D eigenvalue weighted by atomic mass is 79.9. The van der Waals surface area contributed by atoms with E-state index >= 15 is 0 Å². The van der Waals surface area contributed by atoms with E-state index in [2.05, 4.69) is 74.6 Å². The van der Waals surface area contributed by atoms with Crippen molar-refractivity contribution in [1.82, 2.24) is 24.8 Å². The molecule has 0 aliphatic carbocycles. The standard InChI is InChI=1S/C19H23BrN6/c1-3-21-19(25(2)14-15-7-9-16(20)10-8-15)22-12-11-18-24-23-17-6-4-5-13-26(17)18/h4-10,13H,3,11-12,14H2,1-2H3,(H,21,22). The van der Waals surface area contributed by atoms with Crippen LogP contribution in [0, 0.1) is 0 Å². The molecule has 0 saturated carbocycles. The van der Waals surface area contributed by atoms with Gasteiger partial charge in [0.15, 0.2) is 11.6 Å². The van der Waals surface area contributed by atoms with Gasteiger partial charge in [-0.1, -0.05) is 34.1 Å². The third-order valence-electron chi connectivity index (χ3n) is 4.01. The van der Waals surface area contributed by atoms with E-state index in [-0.39, 0.29) is 0 Å². The van der Waals surface area contributed by atoms with Crippen LogP contribution in [0.15, 0.2) is 58.1 Å². The first-order valence-corrected chi connectivity index (χ1v) is 9.49. The Morgan fingerprint density at radius 3 is 2.77 bits per heavy atom. The molecule has 3 rings (SSSR count). The predicted octanol–water partition coefficient (Wildman–Crippen LogP) is 3.13. The molecule has 3 aromatic rings. The number of rotatable bonds is 6. The predicted molar refractivity (Wildman–Crippen MR) is 108 cm³/mol. The van der Waals surface area contributed by atoms with Gasteiger partial charge in [0.05, 0.1) is 0 Å². The van der Waals surface area contributed by atoms with E-state index in [1.54, 1.807) is 0 Å². The Morgan fingerprint density at radius 1 is 1.19 bits per heavy atom. The van der Waals surface area contributed by atoms with Crippen molar-refractivity contribution in [3.8, 4) is 0 Å². The average molecular weight is 415 g/mol. The Bertz CT molecular complexity index is 871. The Morgan fingerprint density at radius 2 is 2.00 bits per heavy atom. The van der Waals surface area contributed by atoms with Crippen molar-refractivity contribution < 1.29 is 0 Å². The molecule has 136 valence electrons. The topological polar surface area (TPSA) is 57.8 Å². The first-order valence-electron chi connectivity index (χ1n) is 8.70. The van der Waals surface area contributed by atoms with Crippen molar-refractivity contribution in [3.63, 3.8) is 0 Å². The van der Waals surface area contributed by atoms with Crippen molar-refractivity contribution >= 4 is 27.5 Å². The van der Waals surface area contributed by atoms with Gasteiger partial charge in [-0.25, -0.2) is 0 Å². The zero-order valence-electron chi connectivity index (χ0n) is 15.1. The van der Waals surface area contributed by atoms with Gasteiger partial charge in [-0.15, -0.1) is 10.2 Å². The Labute approximate surface area is 162 Å². The van der Waals surface area contributed by atoms with Crippen molar-refractivity contribution in [2.75, 3.05) is 20.1 Å². The van der Waals surface area contributed by atoms with E-state index in [1.165, 1.54) is 5.56 Å². The van der Waals surface area contributed by atoms with Crippen LogP contribution >= 0.6 is 15.9 Å². The molecule has 0 bridgehead atoms. The van der Waals surface area contributed by atoms with Crippen LogP contribution in [0.1, 0.15) is 18.3 Å². The molecule has 1 N–H and O–H groups in total. The molecule has 1 aromatic carbocycles. The van der Waals surface area contributed by atoms with Gasteiger partial charge in [0.2, 0.25) is 0 Å². The molecule has 0 spiro atoms. The molecule has 2 aromatic heterocycles. The van der Waals surface area contributed by atoms with Gasteiger partial charge in [-0.05, 0) is 36.8 Å². The summed E-state index contributed by atoms with van der Waals surface area (Å²) in [5.74, 6) is 1.82. The van der Waals surface area contributed by atoms with E-state index in [4.69, 9.17) is 4.99 Å². The first kappa shape index (κ1) is 18.4. The molecule has 0 radical (unpaired) electrons. The van der Waals surface area contributed by atoms with Crippen molar-refractivity contribution in [2.24, 2.45) is 4.99 Å². The number of aromatic nitrogens is 3. The summed E-state index contributed by atoms with van der Waals surface area (Å²) in [6.45, 7) is 4.36. The highest BCUT2D eigenvalue weighted by molar-refractivity contribution is 9.10. The second-order valence-corrected chi connectivity index (χ2v) is 6.93. The lowest BCUT2D eigenvalue weighted by molar-refractivity contribution is 0.477. The second-order valence-electron chi connectivity index (χ2n) is 6.01. The lowest BCUT2D eigenvalue weighted by Gasteiger charge is -2.22. The highest BCUT2D eigenvalue weighted by Crippen LogP contribution is 2.12. The maximum atomic E-state index is 4.75. The summed E-state index contributed by atoms with van der Waals surface area (Å²) in [6.07, 6.45) is 2.73. The number of guanidine groups is 1. The summed E-state index contributed by atoms with van der Waals surface area (Å²) in [6, 6.07) is 14.3. The summed E-state index contributed by atoms with van der Waals surface area (Å²) < 4.78 is 3.10. The zero-order valence-corrected chi connectivity index (χ0v) is 16.6. The van der Waals surface area contributed by atoms with Crippen LogP contribution in [0.25, 0.3) is 5.65 Å². The van der Waals surface area contributed by atoms with Gasteiger partial charge in [0, 0.05) is 43.8 Å². The molecule has 0 atom stereocenters. The number of hydrogen-bond acceptors (Lipinski definition) is 3. The van der Waals surface area contributed by atoms with Gasteiger partial charge in [0.25, 0.3) is 0 Å². The van der Waals surface area contributed by atoms with E-state index in [9.17, 15) is 0 Å². The molecule has 26 heavy (non-hydrogen) atoms. The molecule has 0 fully saturated rings. The number of nitrogens with one attached hydrogen (secondary N) is 1. The van der Waals surface area contributed by atoms with Crippen LogP contribution in [0.5, 0.6) is 0 Å². The quantitative estimate of drug-likeness (QED) is 0.497. The highest BCUT2D eigenvalue weighted by Gasteiger charge is 2.08. The molecular formula is C19H23BrN6. The van der Waals surface area contributed by atoms with Crippen molar-refractivity contribution in [3.05, 3.63) is 64.5 Å². The third-order valence-corrected chi connectivity index (χ3v) is 4.54. The molecular weight excluding hydrogens is 392 g/mol. The fraction of sp³-hybridized carbons (Fsp3) is 0.316. The molecule has 7 heteroatoms. The smallest absolute Gasteiger partial charge is 0.193 e. The summed E-state index contributed by atoms with van der Waals surface area (Å²) >= 11 is 3.47. The first-order chi connectivity index (χ1) is 12.7. The SMILES string of the molecule is CCNC(=NCCc1nnc2ccccn12)N(C)Cc1ccc(Br)cc1. The number of nitrogens with zero attached hydrogens (tertiary/aromatic N) is 5. The normalized spacial score (nSPS) is 11.7. The Balaban J connectivity index is 1.65. The van der Waals surface area contributed by atoms with E-state index < -0.39 is 0 Å². The molecule has 0 unspecified atom stereocenters. The van der Waals surface area contributed by atoms with Crippen molar-refractivity contribution in [1.29, 1.82) is 0 Å². The van der Waals surface area contributed by atoms with Gasteiger partial charge < -0.3 is 10.2 Å². The van der Waals surface area contributed by atoms with Crippen LogP contribution in [-0.4, -0.2) is 45.6 Å². The van der Waals surface area contributed by atoms with E-state index in [0.717, 1.165) is 41.4 Å². The molecule has 0 aliphatic heterocycles. The number of hydrogen-bond donors (Lipinski definition) is 1. The minimum atomic E-state index is 0.655. The minimum absolute atomic E-state index is 0.655. The number of fused-ring (bicyclic) bond motifs is 1. The monoisotopic (exact) mass is 414 g/mol. The maximum Gasteiger partial charge on any atom is 0.193 e. The molecule has 2 heterocycles. The number of benzene rings is 1. The third kappa shape index (κ3) is 4.60. The molecule has 6 nitrogen and oxygen atoms in total. The number of pyridine rings is 1. The summed E-state index contributed by atoms with van der Waals surface area (Å²) in [5, 5.41) is 11.8. The zero-order chi connectivity index (χ0) is 18.4. The molecule has 0 aliphatic rings. The van der Waals surface area contributed by atoms with Crippen LogP contribution < -0.4 is 5.32 Å². The fourth-order valence-electron chi connectivity index (χ4n) is 2.73. The van der Waals surface area contributed by atoms with Gasteiger partial charge in [0.1, 0.15) is 5.82 Å². The largest absolute Gasteiger partial charge is 0.357 e. The summed E-state index contributed by atoms with van der Waals surface area (Å²) in [7, 11) is 2.05. The Hall–Kier alpha value is -2.41. The van der Waals surface area contributed by atoms with E-state index in [0.29, 0.717) is 6.54 Å². The summed E-state index contributed by atoms with van der Waals surface area (Å²) in [5.41, 5.74) is 2.11. The van der Waals surface area contributed by atoms with E-state index in [1.807, 2.05) is 28.8 Å². The number of halogens is 1. The molecule has 0 amide bonds. The van der Waals surface area contributed by atoms with Gasteiger partial charge in [-0.3, -0.25) is 9.39 Å². The minimum Gasteiger partial charge on any atom is -0.357 e. The Kier molecular flexibility index (Phi) is 6.22. The fourth-order valence-corrected chi connectivity index (χ4v) is 3.00. The number of aliphatic imine (C=N–C) groups is 1. The van der Waals surface area contributed by atoms with Crippen LogP contribution in [-0.2, 0) is 13.0 Å². The maximum absolute atomic E-state index is 4.75. The van der Waals surface area contributed by atoms with Gasteiger partial charge in [-0.2, -0.15) is 0 Å². The second kappa shape index (κ2) is 8.80. The van der Waals surface area contributed by atoms with Crippen LogP contribution in [0.2, 0.25) is 0 Å². The van der Waals surface area contributed by atoms with Crippen molar-refractivity contribution in [2.45, 2.75) is 19.9 Å². The lowest BCUT2D eigenvalue weighted by Crippen LogP contribution is -2.38. The lowest BCUT2D eigenvalue weighted by atomic mass is 10.2. The van der Waals surface area contributed by atoms with Gasteiger partial charge >= 0.3 is 0 Å². The average Bonchev–Trinajstić information content (AvgIpc) is 3.06. The van der Waals surface area contributed by atoms with Crippen LogP contribution in [0.4, 0.5) is 0 Å².